The van der Waals surface area contributed by atoms with Gasteiger partial charge in [0.2, 0.25) is 11.7 Å². The van der Waals surface area contributed by atoms with E-state index in [1.54, 1.807) is 35.8 Å². The molecule has 1 saturated heterocycles. The number of fused-ring (bicyclic) bond motifs is 1. The molecule has 7 nitrogen and oxygen atoms in total. The number of para-hydroxylation sites is 1. The van der Waals surface area contributed by atoms with E-state index in [0.29, 0.717) is 22.7 Å². The van der Waals surface area contributed by atoms with Crippen LogP contribution in [0.1, 0.15) is 24.5 Å². The van der Waals surface area contributed by atoms with E-state index in [1.165, 1.54) is 4.90 Å². The van der Waals surface area contributed by atoms with Crippen molar-refractivity contribution in [1.82, 2.24) is 25.0 Å². The van der Waals surface area contributed by atoms with E-state index < -0.39 is 6.04 Å². The molecule has 0 unspecified atom stereocenters. The van der Waals surface area contributed by atoms with Gasteiger partial charge in [0.05, 0.1) is 11.4 Å². The highest BCUT2D eigenvalue weighted by molar-refractivity contribution is 7.99. The van der Waals surface area contributed by atoms with E-state index in [1.807, 2.05) is 26.0 Å². The molecule has 1 atom stereocenters. The molecule has 2 aromatic rings. The highest BCUT2D eigenvalue weighted by Crippen LogP contribution is 2.24. The van der Waals surface area contributed by atoms with Gasteiger partial charge in [-0.25, -0.2) is 4.98 Å². The van der Waals surface area contributed by atoms with Crippen LogP contribution in [-0.2, 0) is 4.79 Å². The molecule has 1 fully saturated rings. The topological polar surface area (TPSA) is 79.3 Å². The van der Waals surface area contributed by atoms with Crippen LogP contribution in [0.5, 0.6) is 0 Å². The second kappa shape index (κ2) is 6.72. The van der Waals surface area contributed by atoms with Crippen LogP contribution >= 0.6 is 11.8 Å². The highest BCUT2D eigenvalue weighted by Gasteiger charge is 2.38. The van der Waals surface area contributed by atoms with Gasteiger partial charge in [0, 0.05) is 18.8 Å². The number of nitrogens with zero attached hydrogens (tertiary/aromatic N) is 5. The van der Waals surface area contributed by atoms with Gasteiger partial charge < -0.3 is 9.80 Å². The quantitative estimate of drug-likeness (QED) is 0.837. The Kier molecular flexibility index (Phi) is 4.66. The molecule has 0 saturated carbocycles. The summed E-state index contributed by atoms with van der Waals surface area (Å²) in [6, 6.07) is 6.85. The van der Waals surface area contributed by atoms with E-state index in [-0.39, 0.29) is 23.7 Å². The second-order valence-electron chi connectivity index (χ2n) is 5.96. The van der Waals surface area contributed by atoms with Crippen LogP contribution in [0.15, 0.2) is 24.3 Å². The monoisotopic (exact) mass is 345 g/mol. The summed E-state index contributed by atoms with van der Waals surface area (Å²) >= 11 is 1.56. The van der Waals surface area contributed by atoms with Gasteiger partial charge in [0.15, 0.2) is 0 Å². The molecule has 2 heterocycles. The molecule has 1 aliphatic heterocycles. The Balaban J connectivity index is 1.85. The summed E-state index contributed by atoms with van der Waals surface area (Å²) in [5, 5.41) is 7.98. The van der Waals surface area contributed by atoms with E-state index in [9.17, 15) is 9.59 Å². The number of amides is 2. The Morgan fingerprint density at radius 1 is 1.25 bits per heavy atom. The van der Waals surface area contributed by atoms with Crippen LogP contribution in [0.2, 0.25) is 0 Å². The third kappa shape index (κ3) is 3.06. The minimum Gasteiger partial charge on any atom is -0.342 e. The average Bonchev–Trinajstić information content (AvgIpc) is 3.08. The molecular weight excluding hydrogens is 326 g/mol. The molecule has 0 N–H and O–H groups in total. The maximum Gasteiger partial charge on any atom is 0.294 e. The first kappa shape index (κ1) is 16.6. The van der Waals surface area contributed by atoms with Crippen molar-refractivity contribution in [2.45, 2.75) is 25.9 Å². The first-order valence-electron chi connectivity index (χ1n) is 7.74. The van der Waals surface area contributed by atoms with Crippen LogP contribution in [0.4, 0.5) is 0 Å². The lowest BCUT2D eigenvalue weighted by Crippen LogP contribution is -2.49. The van der Waals surface area contributed by atoms with Gasteiger partial charge in [0.25, 0.3) is 5.91 Å². The number of hydrogen-bond acceptors (Lipinski definition) is 6. The number of rotatable bonds is 3. The molecule has 0 spiro atoms. The lowest BCUT2D eigenvalue weighted by Gasteiger charge is -2.29. The third-order valence-corrected chi connectivity index (χ3v) is 5.11. The van der Waals surface area contributed by atoms with Crippen molar-refractivity contribution in [2.75, 3.05) is 18.7 Å². The molecule has 0 aliphatic carbocycles. The van der Waals surface area contributed by atoms with Crippen molar-refractivity contribution in [2.24, 2.45) is 0 Å². The number of thioether (sulfide) groups is 1. The van der Waals surface area contributed by atoms with Crippen molar-refractivity contribution in [3.8, 4) is 0 Å². The van der Waals surface area contributed by atoms with E-state index in [4.69, 9.17) is 0 Å². The van der Waals surface area contributed by atoms with Crippen molar-refractivity contribution >= 4 is 34.6 Å². The van der Waals surface area contributed by atoms with Gasteiger partial charge in [0.1, 0.15) is 11.6 Å². The molecule has 24 heavy (non-hydrogen) atoms. The van der Waals surface area contributed by atoms with Crippen LogP contribution in [-0.4, -0.2) is 67.6 Å². The minimum atomic E-state index is -0.482. The maximum atomic E-state index is 12.8. The van der Waals surface area contributed by atoms with Crippen LogP contribution < -0.4 is 0 Å². The first-order valence-corrected chi connectivity index (χ1v) is 8.89. The van der Waals surface area contributed by atoms with Gasteiger partial charge in [-0.15, -0.1) is 22.0 Å². The fourth-order valence-electron chi connectivity index (χ4n) is 2.44. The zero-order valence-corrected chi connectivity index (χ0v) is 14.7. The molecule has 126 valence electrons. The normalized spacial score (nSPS) is 17.5. The molecule has 0 radical (unpaired) electrons. The molecule has 0 bridgehead atoms. The van der Waals surface area contributed by atoms with Gasteiger partial charge in [-0.3, -0.25) is 9.59 Å². The Morgan fingerprint density at radius 3 is 2.67 bits per heavy atom. The molecular formula is C16H19N5O2S. The Bertz CT molecular complexity index is 782. The number of carbonyl (C=O) groups is 2. The summed E-state index contributed by atoms with van der Waals surface area (Å²) in [4.78, 5) is 32.9. The number of aromatic nitrogens is 3. The molecule has 8 heteroatoms. The third-order valence-electron chi connectivity index (χ3n) is 4.10. The standard InChI is InChI=1S/C16H19N5O2S/c1-10(2)20(3)15(22)13-8-24-9-21(13)16(23)14-17-11-6-4-5-7-12(11)18-19-14/h4-7,10,13H,8-9H2,1-3H3/t13-/m1/s1. The van der Waals surface area contributed by atoms with Gasteiger partial charge in [-0.2, -0.15) is 0 Å². The van der Waals surface area contributed by atoms with Crippen LogP contribution in [0.25, 0.3) is 11.0 Å². The van der Waals surface area contributed by atoms with Crippen molar-refractivity contribution in [1.29, 1.82) is 0 Å². The zero-order chi connectivity index (χ0) is 17.3. The van der Waals surface area contributed by atoms with Crippen LogP contribution in [0, 0.1) is 0 Å². The lowest BCUT2D eigenvalue weighted by atomic mass is 10.2. The van der Waals surface area contributed by atoms with Gasteiger partial charge in [-0.05, 0) is 26.0 Å². The van der Waals surface area contributed by atoms with E-state index in [0.717, 1.165) is 0 Å². The minimum absolute atomic E-state index is 0.0289. The summed E-state index contributed by atoms with van der Waals surface area (Å²) in [6.07, 6.45) is 0. The SMILES string of the molecule is CC(C)N(C)C(=O)[C@H]1CSCN1C(=O)c1nnc2ccccc2n1. The Labute approximate surface area is 144 Å². The highest BCUT2D eigenvalue weighted by atomic mass is 32.2. The number of carbonyl (C=O) groups excluding carboxylic acids is 2. The molecule has 3 rings (SSSR count). The lowest BCUT2D eigenvalue weighted by molar-refractivity contribution is -0.135. The number of hydrogen-bond donors (Lipinski definition) is 0. The van der Waals surface area contributed by atoms with Crippen LogP contribution in [0.3, 0.4) is 0 Å². The van der Waals surface area contributed by atoms with Gasteiger partial charge in [-0.1, -0.05) is 12.1 Å². The summed E-state index contributed by atoms with van der Waals surface area (Å²) in [6.45, 7) is 3.89. The van der Waals surface area contributed by atoms with E-state index in [2.05, 4.69) is 15.2 Å². The van der Waals surface area contributed by atoms with Crippen molar-refractivity contribution in [3.63, 3.8) is 0 Å². The average molecular weight is 345 g/mol. The smallest absolute Gasteiger partial charge is 0.294 e. The van der Waals surface area contributed by atoms with Crippen molar-refractivity contribution < 1.29 is 9.59 Å². The maximum absolute atomic E-state index is 12.8. The summed E-state index contributed by atoms with van der Waals surface area (Å²) in [7, 11) is 1.76. The zero-order valence-electron chi connectivity index (χ0n) is 13.8. The Morgan fingerprint density at radius 2 is 1.96 bits per heavy atom. The van der Waals surface area contributed by atoms with Crippen molar-refractivity contribution in [3.05, 3.63) is 30.1 Å². The van der Waals surface area contributed by atoms with E-state index >= 15 is 0 Å². The fourth-order valence-corrected chi connectivity index (χ4v) is 3.58. The number of benzene rings is 1. The van der Waals surface area contributed by atoms with Gasteiger partial charge >= 0.3 is 0 Å². The Hall–Kier alpha value is -2.22. The predicted molar refractivity (Wildman–Crippen MR) is 92.5 cm³/mol. The summed E-state index contributed by atoms with van der Waals surface area (Å²) < 4.78 is 0. The second-order valence-corrected chi connectivity index (χ2v) is 6.96. The molecule has 1 aromatic carbocycles. The summed E-state index contributed by atoms with van der Waals surface area (Å²) in [5.41, 5.74) is 1.25. The predicted octanol–water partition coefficient (Wildman–Crippen LogP) is 1.41. The molecule has 1 aliphatic rings. The fraction of sp³-hybridized carbons (Fsp3) is 0.438. The first-order chi connectivity index (χ1) is 11.5. The molecule has 2 amide bonds. The summed E-state index contributed by atoms with van der Waals surface area (Å²) in [5.74, 6) is 0.659. The molecule has 1 aromatic heterocycles. The largest absolute Gasteiger partial charge is 0.342 e. The number of likely N-dealkylation sites (N-methyl/N-ethyl adjacent to an activating group) is 1.